The third-order valence-corrected chi connectivity index (χ3v) is 2.65. The molecule has 1 heterocycles. The summed E-state index contributed by atoms with van der Waals surface area (Å²) >= 11 is 0. The van der Waals surface area contributed by atoms with E-state index >= 15 is 0 Å². The second-order valence-electron chi connectivity index (χ2n) is 4.69. The van der Waals surface area contributed by atoms with Crippen LogP contribution in [-0.2, 0) is 6.42 Å². The Kier molecular flexibility index (Phi) is 2.10. The lowest BCUT2D eigenvalue weighted by Gasteiger charge is -2.30. The second kappa shape index (κ2) is 3.18. The minimum atomic E-state index is -0.213. The quantitative estimate of drug-likeness (QED) is 0.476. The molecule has 0 unspecified atom stereocenters. The molecule has 0 radical (unpaired) electrons. The van der Waals surface area contributed by atoms with E-state index in [4.69, 9.17) is 5.84 Å². The van der Waals surface area contributed by atoms with Gasteiger partial charge in [-0.1, -0.05) is 13.8 Å². The van der Waals surface area contributed by atoms with Gasteiger partial charge in [0.15, 0.2) is 0 Å². The van der Waals surface area contributed by atoms with E-state index in [-0.39, 0.29) is 11.0 Å². The van der Waals surface area contributed by atoms with E-state index in [1.807, 2.05) is 0 Å². The molecule has 80 valence electrons. The molecule has 5 heteroatoms. The topological polar surface area (TPSA) is 84.1 Å². The van der Waals surface area contributed by atoms with Crippen molar-refractivity contribution in [2.24, 2.45) is 16.4 Å². The number of aromatic amines is 1. The number of hydrogen-bond acceptors (Lipinski definition) is 4. The van der Waals surface area contributed by atoms with Gasteiger partial charge in [-0.15, -0.1) is 0 Å². The van der Waals surface area contributed by atoms with E-state index in [0.29, 0.717) is 0 Å². The number of hydrazone groups is 1. The zero-order chi connectivity index (χ0) is 11.1. The SMILES string of the molecule is CC1(C)CC(=NN)c2cc(=O)[nH]nc2C1. The first-order valence-electron chi connectivity index (χ1n) is 4.87. The number of nitrogens with zero attached hydrogens (tertiary/aromatic N) is 2. The average molecular weight is 206 g/mol. The molecule has 0 fully saturated rings. The molecule has 5 nitrogen and oxygen atoms in total. The molecule has 0 bridgehead atoms. The number of rotatable bonds is 0. The molecule has 1 aromatic rings. The van der Waals surface area contributed by atoms with Gasteiger partial charge in [-0.25, -0.2) is 5.10 Å². The number of nitrogens with two attached hydrogens (primary N) is 1. The second-order valence-corrected chi connectivity index (χ2v) is 4.69. The van der Waals surface area contributed by atoms with Crippen LogP contribution in [0.3, 0.4) is 0 Å². The predicted octanol–water partition coefficient (Wildman–Crippen LogP) is 0.405. The first-order chi connectivity index (χ1) is 7.02. The van der Waals surface area contributed by atoms with Gasteiger partial charge in [-0.3, -0.25) is 4.79 Å². The summed E-state index contributed by atoms with van der Waals surface area (Å²) in [5.41, 5.74) is 2.31. The van der Waals surface area contributed by atoms with Crippen LogP contribution in [0.2, 0.25) is 0 Å². The molecule has 0 spiro atoms. The lowest BCUT2D eigenvalue weighted by Crippen LogP contribution is -2.31. The fourth-order valence-corrected chi connectivity index (χ4v) is 1.99. The normalized spacial score (nSPS) is 21.3. The molecule has 1 aliphatic carbocycles. The fourth-order valence-electron chi connectivity index (χ4n) is 1.99. The molecule has 0 aromatic carbocycles. The van der Waals surface area contributed by atoms with Gasteiger partial charge < -0.3 is 5.84 Å². The van der Waals surface area contributed by atoms with E-state index in [1.54, 1.807) is 0 Å². The molecule has 2 rings (SSSR count). The smallest absolute Gasteiger partial charge is 0.264 e. The van der Waals surface area contributed by atoms with Gasteiger partial charge in [-0.05, 0) is 18.3 Å². The van der Waals surface area contributed by atoms with Crippen molar-refractivity contribution in [3.8, 4) is 0 Å². The molecular formula is C10H14N4O. The van der Waals surface area contributed by atoms with Gasteiger partial charge in [0.05, 0.1) is 11.4 Å². The molecule has 0 amide bonds. The van der Waals surface area contributed by atoms with Gasteiger partial charge in [0.25, 0.3) is 5.56 Å². The maximum absolute atomic E-state index is 11.2. The van der Waals surface area contributed by atoms with Crippen molar-refractivity contribution in [3.05, 3.63) is 27.7 Å². The Morgan fingerprint density at radius 1 is 1.53 bits per heavy atom. The van der Waals surface area contributed by atoms with Crippen molar-refractivity contribution in [1.82, 2.24) is 10.2 Å². The number of H-pyrrole nitrogens is 1. The maximum atomic E-state index is 11.2. The molecule has 15 heavy (non-hydrogen) atoms. The summed E-state index contributed by atoms with van der Waals surface area (Å²) in [5, 5.41) is 10.2. The Labute approximate surface area is 87.4 Å². The lowest BCUT2D eigenvalue weighted by atomic mass is 9.75. The third-order valence-electron chi connectivity index (χ3n) is 2.65. The zero-order valence-corrected chi connectivity index (χ0v) is 8.87. The van der Waals surface area contributed by atoms with Crippen LogP contribution in [0.5, 0.6) is 0 Å². The molecular weight excluding hydrogens is 192 g/mol. The number of aromatic nitrogens is 2. The number of nitrogens with one attached hydrogen (secondary N) is 1. The van der Waals surface area contributed by atoms with Crippen molar-refractivity contribution in [1.29, 1.82) is 0 Å². The van der Waals surface area contributed by atoms with Crippen LogP contribution in [0.1, 0.15) is 31.5 Å². The Morgan fingerprint density at radius 2 is 2.27 bits per heavy atom. The van der Waals surface area contributed by atoms with E-state index < -0.39 is 0 Å². The van der Waals surface area contributed by atoms with Gasteiger partial charge in [0, 0.05) is 11.6 Å². The summed E-state index contributed by atoms with van der Waals surface area (Å²) in [4.78, 5) is 11.2. The highest BCUT2D eigenvalue weighted by Crippen LogP contribution is 2.32. The molecule has 3 N–H and O–H groups in total. The average Bonchev–Trinajstić information content (AvgIpc) is 2.16. The van der Waals surface area contributed by atoms with Crippen molar-refractivity contribution in [2.45, 2.75) is 26.7 Å². The maximum Gasteiger partial charge on any atom is 0.264 e. The molecule has 0 saturated heterocycles. The Morgan fingerprint density at radius 3 is 2.93 bits per heavy atom. The van der Waals surface area contributed by atoms with E-state index in [0.717, 1.165) is 29.8 Å². The molecule has 0 atom stereocenters. The molecule has 0 saturated carbocycles. The van der Waals surface area contributed by atoms with E-state index in [1.165, 1.54) is 6.07 Å². The Hall–Kier alpha value is -1.65. The summed E-state index contributed by atoms with van der Waals surface area (Å²) in [5.74, 6) is 5.34. The summed E-state index contributed by atoms with van der Waals surface area (Å²) < 4.78 is 0. The third kappa shape index (κ3) is 1.77. The van der Waals surface area contributed by atoms with Crippen LogP contribution in [0.25, 0.3) is 0 Å². The predicted molar refractivity (Wildman–Crippen MR) is 57.7 cm³/mol. The largest absolute Gasteiger partial charge is 0.323 e. The molecule has 1 aliphatic rings. The van der Waals surface area contributed by atoms with Crippen LogP contribution < -0.4 is 11.4 Å². The highest BCUT2D eigenvalue weighted by Gasteiger charge is 2.30. The van der Waals surface area contributed by atoms with Gasteiger partial charge in [-0.2, -0.15) is 10.2 Å². The fraction of sp³-hybridized carbons (Fsp3) is 0.500. The van der Waals surface area contributed by atoms with Crippen LogP contribution in [0.4, 0.5) is 0 Å². The van der Waals surface area contributed by atoms with Crippen LogP contribution >= 0.6 is 0 Å². The van der Waals surface area contributed by atoms with E-state index in [9.17, 15) is 4.79 Å². The highest BCUT2D eigenvalue weighted by molar-refractivity contribution is 6.02. The Balaban J connectivity index is 2.60. The first-order valence-corrected chi connectivity index (χ1v) is 4.87. The Bertz CT molecular complexity index is 473. The van der Waals surface area contributed by atoms with Crippen LogP contribution in [0, 0.1) is 5.41 Å². The van der Waals surface area contributed by atoms with Crippen molar-refractivity contribution < 1.29 is 0 Å². The van der Waals surface area contributed by atoms with Crippen LogP contribution in [-0.4, -0.2) is 15.9 Å². The van der Waals surface area contributed by atoms with E-state index in [2.05, 4.69) is 29.1 Å². The van der Waals surface area contributed by atoms with Crippen LogP contribution in [0.15, 0.2) is 16.0 Å². The summed E-state index contributed by atoms with van der Waals surface area (Å²) in [6, 6.07) is 1.52. The van der Waals surface area contributed by atoms with Gasteiger partial charge in [0.1, 0.15) is 0 Å². The number of fused-ring (bicyclic) bond motifs is 1. The van der Waals surface area contributed by atoms with Crippen molar-refractivity contribution in [3.63, 3.8) is 0 Å². The number of hydrogen-bond donors (Lipinski definition) is 2. The monoisotopic (exact) mass is 206 g/mol. The van der Waals surface area contributed by atoms with Crippen molar-refractivity contribution >= 4 is 5.71 Å². The van der Waals surface area contributed by atoms with Gasteiger partial charge in [0.2, 0.25) is 0 Å². The highest BCUT2D eigenvalue weighted by atomic mass is 16.1. The standard InChI is InChI=1S/C10H14N4O/c1-10(2)4-7(12-11)6-3-9(15)14-13-8(6)5-10/h3H,4-5,11H2,1-2H3,(H,14,15). The lowest BCUT2D eigenvalue weighted by molar-refractivity contribution is 0.365. The first kappa shape index (κ1) is 9.89. The minimum Gasteiger partial charge on any atom is -0.323 e. The summed E-state index contributed by atoms with van der Waals surface area (Å²) in [7, 11) is 0. The summed E-state index contributed by atoms with van der Waals surface area (Å²) in [6.45, 7) is 4.27. The molecule has 1 aromatic heterocycles. The zero-order valence-electron chi connectivity index (χ0n) is 8.87. The van der Waals surface area contributed by atoms with Gasteiger partial charge >= 0.3 is 0 Å². The van der Waals surface area contributed by atoms with Crippen molar-refractivity contribution in [2.75, 3.05) is 0 Å². The summed E-state index contributed by atoms with van der Waals surface area (Å²) in [6.07, 6.45) is 1.61. The minimum absolute atomic E-state index is 0.0937. The molecule has 0 aliphatic heterocycles.